The largest absolute Gasteiger partial charge is 0.308 e. The van der Waals surface area contributed by atoms with E-state index >= 15 is 0 Å². The number of aromatic amines is 1. The van der Waals surface area contributed by atoms with Crippen molar-refractivity contribution in [1.29, 1.82) is 0 Å². The number of halogens is 1. The molecule has 1 aliphatic rings. The average molecular weight is 341 g/mol. The number of hydrogen-bond acceptors (Lipinski definition) is 3. The average Bonchev–Trinajstić information content (AvgIpc) is 3.06. The zero-order chi connectivity index (χ0) is 16.7. The molecule has 0 radical (unpaired) electrons. The summed E-state index contributed by atoms with van der Waals surface area (Å²) in [6.07, 6.45) is 1.54. The monoisotopic (exact) mass is 341 g/mol. The van der Waals surface area contributed by atoms with Gasteiger partial charge in [-0.05, 0) is 49.6 Å². The van der Waals surface area contributed by atoms with Crippen molar-refractivity contribution in [3.63, 3.8) is 0 Å². The van der Waals surface area contributed by atoms with Crippen LogP contribution in [0, 0.1) is 12.7 Å². The van der Waals surface area contributed by atoms with Crippen LogP contribution in [0.5, 0.6) is 0 Å². The van der Waals surface area contributed by atoms with Crippen LogP contribution >= 0.6 is 11.3 Å². The van der Waals surface area contributed by atoms with Gasteiger partial charge in [-0.15, -0.1) is 11.3 Å². The topological polar surface area (TPSA) is 57.8 Å². The lowest BCUT2D eigenvalue weighted by atomic mass is 9.95. The number of anilines is 1. The van der Waals surface area contributed by atoms with Crippen molar-refractivity contribution in [3.8, 4) is 10.6 Å². The summed E-state index contributed by atoms with van der Waals surface area (Å²) in [7, 11) is 0. The van der Waals surface area contributed by atoms with E-state index in [9.17, 15) is 9.18 Å². The molecule has 24 heavy (non-hydrogen) atoms. The minimum absolute atomic E-state index is 0.0884. The van der Waals surface area contributed by atoms with Crippen LogP contribution in [0.25, 0.3) is 10.6 Å². The predicted molar refractivity (Wildman–Crippen MR) is 92.6 cm³/mol. The Hall–Kier alpha value is -2.47. The van der Waals surface area contributed by atoms with E-state index < -0.39 is 5.41 Å². The van der Waals surface area contributed by atoms with Crippen LogP contribution in [0.2, 0.25) is 0 Å². The lowest BCUT2D eigenvalue weighted by molar-refractivity contribution is -0.118. The van der Waals surface area contributed by atoms with E-state index in [1.54, 1.807) is 23.5 Å². The lowest BCUT2D eigenvalue weighted by Crippen LogP contribution is -2.27. The number of benzene rings is 1. The van der Waals surface area contributed by atoms with Gasteiger partial charge in [-0.25, -0.2) is 4.39 Å². The second-order valence-corrected chi connectivity index (χ2v) is 7.41. The highest BCUT2D eigenvalue weighted by atomic mass is 32.1. The van der Waals surface area contributed by atoms with Crippen LogP contribution in [0.4, 0.5) is 10.2 Å². The minimum atomic E-state index is -0.549. The molecule has 122 valence electrons. The molecule has 2 heterocycles. The lowest BCUT2D eigenvalue weighted by Gasteiger charge is -2.14. The molecule has 1 saturated carbocycles. The van der Waals surface area contributed by atoms with Crippen molar-refractivity contribution in [1.82, 2.24) is 10.2 Å². The van der Waals surface area contributed by atoms with Crippen LogP contribution in [-0.4, -0.2) is 16.1 Å². The number of thiophene rings is 1. The Kier molecular flexibility index (Phi) is 3.49. The van der Waals surface area contributed by atoms with Crippen molar-refractivity contribution in [3.05, 3.63) is 58.7 Å². The number of carbonyl (C=O) groups is 1. The standard InChI is InChI=1S/C18H16FN3OS/c1-11-2-7-15(24-11)14-10-16(22-21-14)20-17(23)18(8-9-18)12-3-5-13(19)6-4-12/h2-7,10H,8-9H2,1H3,(H2,20,21,22,23). The van der Waals surface area contributed by atoms with E-state index in [0.717, 1.165) is 29.0 Å². The molecule has 0 saturated heterocycles. The van der Waals surface area contributed by atoms with Gasteiger partial charge in [0.25, 0.3) is 0 Å². The van der Waals surface area contributed by atoms with Gasteiger partial charge in [-0.1, -0.05) is 12.1 Å². The van der Waals surface area contributed by atoms with Crippen LogP contribution in [0.3, 0.4) is 0 Å². The minimum Gasteiger partial charge on any atom is -0.308 e. The number of amides is 1. The maximum Gasteiger partial charge on any atom is 0.236 e. The SMILES string of the molecule is Cc1ccc(-c2cc(NC(=O)C3(c4ccc(F)cc4)CC3)n[nH]2)s1. The maximum absolute atomic E-state index is 13.1. The van der Waals surface area contributed by atoms with Gasteiger partial charge < -0.3 is 5.32 Å². The first kappa shape index (κ1) is 15.1. The number of rotatable bonds is 4. The smallest absolute Gasteiger partial charge is 0.236 e. The molecule has 1 amide bonds. The summed E-state index contributed by atoms with van der Waals surface area (Å²) in [5, 5.41) is 10.0. The molecule has 4 rings (SSSR count). The first-order valence-electron chi connectivity index (χ1n) is 7.77. The van der Waals surface area contributed by atoms with Gasteiger partial charge >= 0.3 is 0 Å². The number of nitrogens with one attached hydrogen (secondary N) is 2. The van der Waals surface area contributed by atoms with E-state index in [-0.39, 0.29) is 11.7 Å². The highest BCUT2D eigenvalue weighted by Gasteiger charge is 2.51. The van der Waals surface area contributed by atoms with Gasteiger partial charge in [0, 0.05) is 10.9 Å². The number of aromatic nitrogens is 2. The molecule has 2 N–H and O–H groups in total. The number of nitrogens with zero attached hydrogens (tertiary/aromatic N) is 1. The summed E-state index contributed by atoms with van der Waals surface area (Å²) < 4.78 is 13.1. The Morgan fingerprint density at radius 1 is 1.25 bits per heavy atom. The molecule has 6 heteroatoms. The van der Waals surface area contributed by atoms with Gasteiger partial charge in [0.1, 0.15) is 5.82 Å². The van der Waals surface area contributed by atoms with Gasteiger partial charge in [0.15, 0.2) is 5.82 Å². The molecule has 1 fully saturated rings. The Bertz CT molecular complexity index is 893. The van der Waals surface area contributed by atoms with Gasteiger partial charge in [-0.3, -0.25) is 9.89 Å². The highest BCUT2D eigenvalue weighted by molar-refractivity contribution is 7.15. The first-order valence-corrected chi connectivity index (χ1v) is 8.58. The van der Waals surface area contributed by atoms with Crippen molar-refractivity contribution in [2.45, 2.75) is 25.2 Å². The summed E-state index contributed by atoms with van der Waals surface area (Å²) in [6, 6.07) is 12.1. The molecule has 0 atom stereocenters. The zero-order valence-electron chi connectivity index (χ0n) is 13.1. The third-order valence-electron chi connectivity index (χ3n) is 4.41. The van der Waals surface area contributed by atoms with Crippen molar-refractivity contribution < 1.29 is 9.18 Å². The maximum atomic E-state index is 13.1. The number of aryl methyl sites for hydroxylation is 1. The predicted octanol–water partition coefficient (Wildman–Crippen LogP) is 4.26. The Balaban J connectivity index is 1.52. The fraction of sp³-hybridized carbons (Fsp3) is 0.222. The molecular weight excluding hydrogens is 325 g/mol. The molecule has 0 aliphatic heterocycles. The van der Waals surface area contributed by atoms with Crippen molar-refractivity contribution in [2.24, 2.45) is 0 Å². The Morgan fingerprint density at radius 2 is 2.00 bits per heavy atom. The molecule has 3 aromatic rings. The van der Waals surface area contributed by atoms with E-state index in [1.165, 1.54) is 17.0 Å². The fourth-order valence-electron chi connectivity index (χ4n) is 2.87. The van der Waals surface area contributed by atoms with Gasteiger partial charge in [0.2, 0.25) is 5.91 Å². The summed E-state index contributed by atoms with van der Waals surface area (Å²) >= 11 is 1.67. The van der Waals surface area contributed by atoms with Crippen LogP contribution in [0.1, 0.15) is 23.3 Å². The first-order chi connectivity index (χ1) is 11.6. The van der Waals surface area contributed by atoms with Crippen LogP contribution in [0.15, 0.2) is 42.5 Å². The Morgan fingerprint density at radius 3 is 2.62 bits per heavy atom. The third kappa shape index (κ3) is 2.63. The van der Waals surface area contributed by atoms with E-state index in [0.29, 0.717) is 5.82 Å². The number of H-pyrrole nitrogens is 1. The second-order valence-electron chi connectivity index (χ2n) is 6.12. The molecule has 0 bridgehead atoms. The van der Waals surface area contributed by atoms with Gasteiger partial charge in [0.05, 0.1) is 16.0 Å². The van der Waals surface area contributed by atoms with E-state index in [4.69, 9.17) is 0 Å². The Labute approximate surface area is 142 Å². The zero-order valence-corrected chi connectivity index (χ0v) is 13.9. The number of hydrogen-bond donors (Lipinski definition) is 2. The normalized spacial score (nSPS) is 15.2. The summed E-state index contributed by atoms with van der Waals surface area (Å²) in [6.45, 7) is 2.05. The molecule has 4 nitrogen and oxygen atoms in total. The fourth-order valence-corrected chi connectivity index (χ4v) is 3.70. The molecule has 0 unspecified atom stereocenters. The summed E-state index contributed by atoms with van der Waals surface area (Å²) in [4.78, 5) is 15.0. The molecule has 1 aromatic carbocycles. The molecule has 0 spiro atoms. The molecule has 1 aliphatic carbocycles. The molecule has 2 aromatic heterocycles. The van der Waals surface area contributed by atoms with Crippen LogP contribution in [-0.2, 0) is 10.2 Å². The quantitative estimate of drug-likeness (QED) is 0.745. The summed E-state index contributed by atoms with van der Waals surface area (Å²) in [5.74, 6) is 0.127. The van der Waals surface area contributed by atoms with E-state index in [2.05, 4.69) is 15.5 Å². The molecular formula is C18H16FN3OS. The van der Waals surface area contributed by atoms with Crippen molar-refractivity contribution in [2.75, 3.05) is 5.32 Å². The van der Waals surface area contributed by atoms with E-state index in [1.807, 2.05) is 25.1 Å². The van der Waals surface area contributed by atoms with Gasteiger partial charge in [-0.2, -0.15) is 5.10 Å². The second kappa shape index (κ2) is 5.56. The van der Waals surface area contributed by atoms with Crippen molar-refractivity contribution >= 4 is 23.1 Å². The number of carbonyl (C=O) groups excluding carboxylic acids is 1. The van der Waals surface area contributed by atoms with Crippen LogP contribution < -0.4 is 5.32 Å². The third-order valence-corrected chi connectivity index (χ3v) is 5.44. The highest BCUT2D eigenvalue weighted by Crippen LogP contribution is 2.49. The summed E-state index contributed by atoms with van der Waals surface area (Å²) in [5.41, 5.74) is 1.19.